The first-order chi connectivity index (χ1) is 11.2. The van der Waals surface area contributed by atoms with E-state index in [9.17, 15) is 4.39 Å². The van der Waals surface area contributed by atoms with E-state index in [2.05, 4.69) is 6.58 Å². The molecule has 0 amide bonds. The lowest BCUT2D eigenvalue weighted by molar-refractivity contribution is -0.197. The molecule has 0 N–H and O–H groups in total. The monoisotopic (exact) mass is 322 g/mol. The maximum Gasteiger partial charge on any atom is 0.157 e. The van der Waals surface area contributed by atoms with Gasteiger partial charge >= 0.3 is 0 Å². The number of ether oxygens (including phenoxy) is 2. The molecule has 0 spiro atoms. The molecule has 1 aliphatic heterocycles. The third-order valence-corrected chi connectivity index (χ3v) is 6.09. The predicted octanol–water partition coefficient (Wildman–Crippen LogP) is 5.40. The Morgan fingerprint density at radius 2 is 1.78 bits per heavy atom. The summed E-state index contributed by atoms with van der Waals surface area (Å²) in [6.45, 7) is 5.31. The summed E-state index contributed by atoms with van der Waals surface area (Å²) >= 11 is 0. The summed E-state index contributed by atoms with van der Waals surface area (Å²) < 4.78 is 24.7. The minimum atomic E-state index is -0.00428. The van der Waals surface area contributed by atoms with Gasteiger partial charge in [0.05, 0.1) is 19.0 Å². The molecular weight excluding hydrogens is 291 g/mol. The molecule has 2 fully saturated rings. The van der Waals surface area contributed by atoms with Crippen LogP contribution in [-0.4, -0.2) is 19.5 Å². The highest BCUT2D eigenvalue weighted by atomic mass is 19.1. The van der Waals surface area contributed by atoms with Crippen molar-refractivity contribution in [2.45, 2.75) is 64.1 Å². The van der Waals surface area contributed by atoms with Gasteiger partial charge in [-0.3, -0.25) is 0 Å². The van der Waals surface area contributed by atoms with Gasteiger partial charge in [-0.2, -0.15) is 0 Å². The fourth-order valence-electron chi connectivity index (χ4n) is 4.43. The van der Waals surface area contributed by atoms with Gasteiger partial charge in [-0.05, 0) is 62.7 Å². The lowest BCUT2D eigenvalue weighted by atomic mass is 9.71. The van der Waals surface area contributed by atoms with Crippen LogP contribution in [0.25, 0.3) is 0 Å². The van der Waals surface area contributed by atoms with Crippen molar-refractivity contribution in [2.24, 2.45) is 23.7 Å². The number of hydrogen-bond donors (Lipinski definition) is 0. The van der Waals surface area contributed by atoms with E-state index in [-0.39, 0.29) is 12.1 Å². The summed E-state index contributed by atoms with van der Waals surface area (Å²) in [4.78, 5) is 0. The molecule has 1 heterocycles. The molecule has 23 heavy (non-hydrogen) atoms. The van der Waals surface area contributed by atoms with Crippen molar-refractivity contribution in [1.82, 2.24) is 0 Å². The fraction of sp³-hybridized carbons (Fsp3) is 0.800. The highest BCUT2D eigenvalue weighted by Gasteiger charge is 2.29. The SMILES string of the molecule is C=C[C@H]1CO[C@H](CC[C@H]2CC[C@H](C3CC=C(F)CC3)CC2)OC1. The van der Waals surface area contributed by atoms with Gasteiger partial charge in [-0.25, -0.2) is 4.39 Å². The van der Waals surface area contributed by atoms with E-state index in [1.165, 1.54) is 32.1 Å². The number of halogens is 1. The van der Waals surface area contributed by atoms with Crippen LogP contribution in [0.2, 0.25) is 0 Å². The van der Waals surface area contributed by atoms with Gasteiger partial charge in [-0.1, -0.05) is 25.0 Å². The smallest absolute Gasteiger partial charge is 0.157 e. The normalized spacial score (nSPS) is 38.8. The van der Waals surface area contributed by atoms with Crippen molar-refractivity contribution < 1.29 is 13.9 Å². The summed E-state index contributed by atoms with van der Waals surface area (Å²) in [6.07, 6.45) is 14.0. The van der Waals surface area contributed by atoms with E-state index >= 15 is 0 Å². The average Bonchev–Trinajstić information content (AvgIpc) is 2.61. The number of hydrogen-bond acceptors (Lipinski definition) is 2. The maximum atomic E-state index is 13.1. The summed E-state index contributed by atoms with van der Waals surface area (Å²) in [7, 11) is 0. The van der Waals surface area contributed by atoms with E-state index in [1.54, 1.807) is 0 Å². The second-order valence-electron chi connectivity index (χ2n) is 7.64. The van der Waals surface area contributed by atoms with Gasteiger partial charge < -0.3 is 9.47 Å². The van der Waals surface area contributed by atoms with E-state index in [0.29, 0.717) is 12.3 Å². The van der Waals surface area contributed by atoms with Crippen molar-refractivity contribution in [3.05, 3.63) is 24.6 Å². The molecule has 3 aliphatic rings. The van der Waals surface area contributed by atoms with Crippen molar-refractivity contribution in [1.29, 1.82) is 0 Å². The van der Waals surface area contributed by atoms with Crippen molar-refractivity contribution in [3.8, 4) is 0 Å². The molecule has 0 bridgehead atoms. The Hall–Kier alpha value is -0.670. The summed E-state index contributed by atoms with van der Waals surface area (Å²) in [5.74, 6) is 2.85. The number of rotatable bonds is 5. The quantitative estimate of drug-likeness (QED) is 0.631. The highest BCUT2D eigenvalue weighted by Crippen LogP contribution is 2.41. The Morgan fingerprint density at radius 1 is 1.04 bits per heavy atom. The molecule has 2 nitrogen and oxygen atoms in total. The van der Waals surface area contributed by atoms with Crippen LogP contribution in [0, 0.1) is 23.7 Å². The van der Waals surface area contributed by atoms with Crippen molar-refractivity contribution >= 4 is 0 Å². The first-order valence-corrected chi connectivity index (χ1v) is 9.45. The molecule has 130 valence electrons. The standard InChI is InChI=1S/C20H31FO2/c1-2-15-13-22-20(23-14-15)12-5-16-3-6-17(7-4-16)18-8-10-19(21)11-9-18/h2,10,15-18,20H,1,3-9,11-14H2/t15-,16-,17-,18?,20-. The first-order valence-electron chi connectivity index (χ1n) is 9.45. The zero-order valence-electron chi connectivity index (χ0n) is 14.2. The lowest BCUT2D eigenvalue weighted by Crippen LogP contribution is -2.31. The molecule has 0 aromatic heterocycles. The average molecular weight is 322 g/mol. The van der Waals surface area contributed by atoms with Crippen molar-refractivity contribution in [2.75, 3.05) is 13.2 Å². The largest absolute Gasteiger partial charge is 0.352 e. The minimum Gasteiger partial charge on any atom is -0.352 e. The molecule has 2 aliphatic carbocycles. The topological polar surface area (TPSA) is 18.5 Å². The van der Waals surface area contributed by atoms with Crippen LogP contribution in [0.5, 0.6) is 0 Å². The Balaban J connectivity index is 1.33. The highest BCUT2D eigenvalue weighted by molar-refractivity contribution is 4.99. The lowest BCUT2D eigenvalue weighted by Gasteiger charge is -2.35. The van der Waals surface area contributed by atoms with Crippen LogP contribution in [-0.2, 0) is 9.47 Å². The molecule has 0 aromatic carbocycles. The number of allylic oxidation sites excluding steroid dienone is 2. The van der Waals surface area contributed by atoms with Crippen LogP contribution in [0.4, 0.5) is 4.39 Å². The summed E-state index contributed by atoms with van der Waals surface area (Å²) in [6, 6.07) is 0. The Morgan fingerprint density at radius 3 is 2.39 bits per heavy atom. The van der Waals surface area contributed by atoms with Gasteiger partial charge in [0.2, 0.25) is 0 Å². The van der Waals surface area contributed by atoms with E-state index in [0.717, 1.165) is 50.2 Å². The fourth-order valence-corrected chi connectivity index (χ4v) is 4.43. The zero-order chi connectivity index (χ0) is 16.1. The molecule has 1 saturated carbocycles. The minimum absolute atomic E-state index is 0.00428. The van der Waals surface area contributed by atoms with Crippen LogP contribution >= 0.6 is 0 Å². The van der Waals surface area contributed by atoms with Crippen LogP contribution in [0.1, 0.15) is 57.8 Å². The van der Waals surface area contributed by atoms with Gasteiger partial charge in [0.1, 0.15) is 0 Å². The molecule has 3 heteroatoms. The zero-order valence-corrected chi connectivity index (χ0v) is 14.2. The second-order valence-corrected chi connectivity index (χ2v) is 7.64. The molecular formula is C20H31FO2. The third kappa shape index (κ3) is 4.90. The Kier molecular flexibility index (Phi) is 6.29. The van der Waals surface area contributed by atoms with Crippen LogP contribution in [0.3, 0.4) is 0 Å². The third-order valence-electron chi connectivity index (χ3n) is 6.09. The van der Waals surface area contributed by atoms with Crippen molar-refractivity contribution in [3.63, 3.8) is 0 Å². The summed E-state index contributed by atoms with van der Waals surface area (Å²) in [5, 5.41) is 0. The van der Waals surface area contributed by atoms with Gasteiger partial charge in [0.15, 0.2) is 6.29 Å². The van der Waals surface area contributed by atoms with E-state index in [4.69, 9.17) is 9.47 Å². The molecule has 3 rings (SSSR count). The van der Waals surface area contributed by atoms with Gasteiger partial charge in [0, 0.05) is 5.92 Å². The van der Waals surface area contributed by atoms with Gasteiger partial charge in [-0.15, -0.1) is 6.58 Å². The Labute approximate surface area is 140 Å². The Bertz CT molecular complexity index is 404. The molecule has 1 atom stereocenters. The maximum absolute atomic E-state index is 13.1. The molecule has 1 saturated heterocycles. The predicted molar refractivity (Wildman–Crippen MR) is 90.6 cm³/mol. The molecule has 0 aromatic rings. The van der Waals surface area contributed by atoms with Crippen LogP contribution in [0.15, 0.2) is 24.6 Å². The second kappa shape index (κ2) is 8.43. The van der Waals surface area contributed by atoms with Crippen LogP contribution < -0.4 is 0 Å². The van der Waals surface area contributed by atoms with E-state index in [1.807, 2.05) is 12.2 Å². The van der Waals surface area contributed by atoms with E-state index < -0.39 is 0 Å². The summed E-state index contributed by atoms with van der Waals surface area (Å²) in [5.41, 5.74) is 0. The molecule has 0 radical (unpaired) electrons. The molecule has 1 unspecified atom stereocenters. The first kappa shape index (κ1) is 17.2. The van der Waals surface area contributed by atoms with Gasteiger partial charge in [0.25, 0.3) is 0 Å².